The summed E-state index contributed by atoms with van der Waals surface area (Å²) >= 11 is 1.74. The summed E-state index contributed by atoms with van der Waals surface area (Å²) in [7, 11) is 0. The lowest BCUT2D eigenvalue weighted by atomic mass is 10.3. The summed E-state index contributed by atoms with van der Waals surface area (Å²) in [6.07, 6.45) is 4.30. The van der Waals surface area contributed by atoms with Crippen molar-refractivity contribution in [3.05, 3.63) is 33.7 Å². The Bertz CT molecular complexity index is 560. The third-order valence-corrected chi connectivity index (χ3v) is 3.98. The standard InChI is InChI=1S/C13H16N4S/c1-8-11(16-9(2)18-8)7-15-12-5-6-14-13(17-12)10-3-4-10/h5-6,10H,3-4,7H2,1-2H3,(H,14,15,17). The number of hydrogen-bond donors (Lipinski definition) is 1. The van der Waals surface area contributed by atoms with Crippen molar-refractivity contribution in [2.75, 3.05) is 5.32 Å². The molecule has 2 aromatic rings. The maximum Gasteiger partial charge on any atom is 0.133 e. The van der Waals surface area contributed by atoms with Crippen molar-refractivity contribution < 1.29 is 0 Å². The molecule has 0 unspecified atom stereocenters. The van der Waals surface area contributed by atoms with Crippen LogP contribution in [0.2, 0.25) is 0 Å². The molecule has 0 aliphatic heterocycles. The number of aromatic nitrogens is 3. The Kier molecular flexibility index (Phi) is 2.99. The molecule has 1 N–H and O–H groups in total. The quantitative estimate of drug-likeness (QED) is 0.918. The molecular weight excluding hydrogens is 244 g/mol. The largest absolute Gasteiger partial charge is 0.364 e. The molecule has 0 radical (unpaired) electrons. The van der Waals surface area contributed by atoms with Crippen molar-refractivity contribution in [2.24, 2.45) is 0 Å². The van der Waals surface area contributed by atoms with Crippen molar-refractivity contribution in [3.63, 3.8) is 0 Å². The predicted octanol–water partition coefficient (Wildman–Crippen LogP) is 3.04. The van der Waals surface area contributed by atoms with Crippen LogP contribution in [0.15, 0.2) is 12.3 Å². The highest BCUT2D eigenvalue weighted by atomic mass is 32.1. The monoisotopic (exact) mass is 260 g/mol. The van der Waals surface area contributed by atoms with Crippen molar-refractivity contribution in [1.29, 1.82) is 0 Å². The van der Waals surface area contributed by atoms with Crippen LogP contribution in [-0.4, -0.2) is 15.0 Å². The van der Waals surface area contributed by atoms with E-state index in [2.05, 4.69) is 27.2 Å². The summed E-state index contributed by atoms with van der Waals surface area (Å²) in [4.78, 5) is 14.6. The Morgan fingerprint density at radius 1 is 1.33 bits per heavy atom. The number of rotatable bonds is 4. The van der Waals surface area contributed by atoms with Gasteiger partial charge in [0, 0.05) is 17.0 Å². The van der Waals surface area contributed by atoms with Crippen LogP contribution in [0.4, 0.5) is 5.82 Å². The summed E-state index contributed by atoms with van der Waals surface area (Å²) < 4.78 is 0. The van der Waals surface area contributed by atoms with E-state index in [1.165, 1.54) is 17.7 Å². The van der Waals surface area contributed by atoms with Crippen LogP contribution in [-0.2, 0) is 6.54 Å². The lowest BCUT2D eigenvalue weighted by Gasteiger charge is -2.05. The Morgan fingerprint density at radius 2 is 2.17 bits per heavy atom. The topological polar surface area (TPSA) is 50.7 Å². The molecule has 2 aromatic heterocycles. The van der Waals surface area contributed by atoms with E-state index in [1.807, 2.05) is 19.2 Å². The fourth-order valence-electron chi connectivity index (χ4n) is 1.92. The Balaban J connectivity index is 1.69. The van der Waals surface area contributed by atoms with Gasteiger partial charge in [0.1, 0.15) is 11.6 Å². The van der Waals surface area contributed by atoms with E-state index in [0.717, 1.165) is 28.9 Å². The van der Waals surface area contributed by atoms with Crippen molar-refractivity contribution in [1.82, 2.24) is 15.0 Å². The van der Waals surface area contributed by atoms with Gasteiger partial charge in [-0.3, -0.25) is 0 Å². The molecule has 1 aliphatic rings. The number of aryl methyl sites for hydroxylation is 2. The van der Waals surface area contributed by atoms with Gasteiger partial charge in [0.15, 0.2) is 0 Å². The van der Waals surface area contributed by atoms with Gasteiger partial charge in [-0.15, -0.1) is 11.3 Å². The zero-order chi connectivity index (χ0) is 12.5. The molecule has 4 nitrogen and oxygen atoms in total. The average molecular weight is 260 g/mol. The maximum absolute atomic E-state index is 4.54. The van der Waals surface area contributed by atoms with Crippen LogP contribution < -0.4 is 5.32 Å². The van der Waals surface area contributed by atoms with Crippen molar-refractivity contribution in [3.8, 4) is 0 Å². The van der Waals surface area contributed by atoms with Crippen LogP contribution in [0.25, 0.3) is 0 Å². The minimum Gasteiger partial charge on any atom is -0.364 e. The Morgan fingerprint density at radius 3 is 2.83 bits per heavy atom. The molecule has 1 fully saturated rings. The van der Waals surface area contributed by atoms with Gasteiger partial charge < -0.3 is 5.32 Å². The van der Waals surface area contributed by atoms with Crippen LogP contribution >= 0.6 is 11.3 Å². The summed E-state index contributed by atoms with van der Waals surface area (Å²) in [5.41, 5.74) is 1.11. The van der Waals surface area contributed by atoms with Crippen LogP contribution in [0, 0.1) is 13.8 Å². The van der Waals surface area contributed by atoms with Gasteiger partial charge in [-0.05, 0) is 32.8 Å². The molecule has 0 spiro atoms. The fourth-order valence-corrected chi connectivity index (χ4v) is 2.76. The maximum atomic E-state index is 4.54. The van der Waals surface area contributed by atoms with E-state index in [-0.39, 0.29) is 0 Å². The van der Waals surface area contributed by atoms with E-state index in [9.17, 15) is 0 Å². The second-order valence-electron chi connectivity index (χ2n) is 4.66. The van der Waals surface area contributed by atoms with Crippen molar-refractivity contribution >= 4 is 17.2 Å². The van der Waals surface area contributed by atoms with Gasteiger partial charge in [0.2, 0.25) is 0 Å². The molecule has 1 saturated carbocycles. The summed E-state index contributed by atoms with van der Waals surface area (Å²) in [5, 5.41) is 4.45. The van der Waals surface area contributed by atoms with Gasteiger partial charge in [-0.2, -0.15) is 0 Å². The van der Waals surface area contributed by atoms with Gasteiger partial charge in [0.25, 0.3) is 0 Å². The summed E-state index contributed by atoms with van der Waals surface area (Å²) in [5.74, 6) is 2.47. The molecule has 0 amide bonds. The minimum atomic E-state index is 0.593. The van der Waals surface area contributed by atoms with E-state index < -0.39 is 0 Å². The zero-order valence-corrected chi connectivity index (χ0v) is 11.4. The number of anilines is 1. The molecule has 94 valence electrons. The Labute approximate surface area is 111 Å². The fraction of sp³-hybridized carbons (Fsp3) is 0.462. The first-order valence-electron chi connectivity index (χ1n) is 6.22. The predicted molar refractivity (Wildman–Crippen MR) is 72.9 cm³/mol. The molecule has 0 bridgehead atoms. The SMILES string of the molecule is Cc1nc(CNc2ccnc(C3CC3)n2)c(C)s1. The van der Waals surface area contributed by atoms with Crippen LogP contribution in [0.5, 0.6) is 0 Å². The second kappa shape index (κ2) is 4.65. The molecule has 0 aromatic carbocycles. The molecule has 5 heteroatoms. The number of thiazole rings is 1. The molecule has 3 rings (SSSR count). The number of nitrogens with one attached hydrogen (secondary N) is 1. The number of hydrogen-bond acceptors (Lipinski definition) is 5. The molecule has 18 heavy (non-hydrogen) atoms. The lowest BCUT2D eigenvalue weighted by Crippen LogP contribution is -2.04. The number of nitrogens with zero attached hydrogens (tertiary/aromatic N) is 3. The van der Waals surface area contributed by atoms with E-state index in [4.69, 9.17) is 0 Å². The molecular formula is C13H16N4S. The highest BCUT2D eigenvalue weighted by Gasteiger charge is 2.26. The van der Waals surface area contributed by atoms with E-state index >= 15 is 0 Å². The van der Waals surface area contributed by atoms with Gasteiger partial charge in [-0.1, -0.05) is 0 Å². The van der Waals surface area contributed by atoms with E-state index in [1.54, 1.807) is 11.3 Å². The first-order chi connectivity index (χ1) is 8.72. The first-order valence-corrected chi connectivity index (χ1v) is 7.04. The Hall–Kier alpha value is -1.49. The van der Waals surface area contributed by atoms with Gasteiger partial charge >= 0.3 is 0 Å². The normalized spacial score (nSPS) is 14.8. The smallest absolute Gasteiger partial charge is 0.133 e. The molecule has 0 atom stereocenters. The summed E-state index contributed by atoms with van der Waals surface area (Å²) in [6.45, 7) is 4.88. The second-order valence-corrected chi connectivity index (χ2v) is 6.07. The first kappa shape index (κ1) is 11.6. The molecule has 2 heterocycles. The van der Waals surface area contributed by atoms with Gasteiger partial charge in [-0.25, -0.2) is 15.0 Å². The van der Waals surface area contributed by atoms with Crippen LogP contribution in [0.1, 0.15) is 40.2 Å². The van der Waals surface area contributed by atoms with E-state index in [0.29, 0.717) is 5.92 Å². The van der Waals surface area contributed by atoms with Crippen LogP contribution in [0.3, 0.4) is 0 Å². The lowest BCUT2D eigenvalue weighted by molar-refractivity contribution is 0.916. The minimum absolute atomic E-state index is 0.593. The van der Waals surface area contributed by atoms with Crippen molar-refractivity contribution in [2.45, 2.75) is 39.2 Å². The highest BCUT2D eigenvalue weighted by Crippen LogP contribution is 2.38. The average Bonchev–Trinajstić information content (AvgIpc) is 3.14. The molecule has 1 aliphatic carbocycles. The van der Waals surface area contributed by atoms with Gasteiger partial charge in [0.05, 0.1) is 17.2 Å². The highest BCUT2D eigenvalue weighted by molar-refractivity contribution is 7.11. The summed E-state index contributed by atoms with van der Waals surface area (Å²) in [6, 6.07) is 1.92. The third-order valence-electron chi connectivity index (χ3n) is 3.05. The third kappa shape index (κ3) is 2.51. The molecule has 0 saturated heterocycles. The zero-order valence-electron chi connectivity index (χ0n) is 10.6.